The van der Waals surface area contributed by atoms with E-state index in [-0.39, 0.29) is 18.0 Å². The third-order valence-electron chi connectivity index (χ3n) is 7.20. The van der Waals surface area contributed by atoms with Gasteiger partial charge in [0.05, 0.1) is 25.1 Å². The van der Waals surface area contributed by atoms with Gasteiger partial charge >= 0.3 is 0 Å². The van der Waals surface area contributed by atoms with Crippen molar-refractivity contribution in [1.29, 1.82) is 0 Å². The number of aryl methyl sites for hydroxylation is 1. The maximum Gasteiger partial charge on any atom is 0.273 e. The molecule has 0 radical (unpaired) electrons. The Kier molecular flexibility index (Phi) is 5.75. The monoisotopic (exact) mass is 476 g/mol. The number of piperidine rings is 1. The number of nitrogens with zero attached hydrogens (tertiary/aromatic N) is 7. The molecule has 0 aliphatic carbocycles. The summed E-state index contributed by atoms with van der Waals surface area (Å²) in [5, 5.41) is 4.86. The number of rotatable bonds is 4. The minimum absolute atomic E-state index is 0.0513. The molecule has 3 aliphatic heterocycles. The number of hydrazine groups is 1. The van der Waals surface area contributed by atoms with Crippen LogP contribution in [0.5, 0.6) is 0 Å². The highest BCUT2D eigenvalue weighted by molar-refractivity contribution is 5.93. The Morgan fingerprint density at radius 2 is 1.94 bits per heavy atom. The lowest BCUT2D eigenvalue weighted by Crippen LogP contribution is -2.39. The van der Waals surface area contributed by atoms with Crippen LogP contribution in [0.25, 0.3) is 5.65 Å². The largest absolute Gasteiger partial charge is 0.355 e. The highest BCUT2D eigenvalue weighted by atomic mass is 16.2. The summed E-state index contributed by atoms with van der Waals surface area (Å²) in [5.74, 6) is 1.70. The first-order chi connectivity index (χ1) is 17.1. The lowest BCUT2D eigenvalue weighted by atomic mass is 9.99. The van der Waals surface area contributed by atoms with Crippen molar-refractivity contribution in [2.24, 2.45) is 5.73 Å². The van der Waals surface area contributed by atoms with Gasteiger partial charge in [0.15, 0.2) is 5.65 Å². The van der Waals surface area contributed by atoms with Gasteiger partial charge in [-0.3, -0.25) is 4.79 Å². The molecule has 6 heterocycles. The fourth-order valence-corrected chi connectivity index (χ4v) is 5.35. The van der Waals surface area contributed by atoms with Crippen LogP contribution in [0.4, 0.5) is 11.6 Å². The van der Waals surface area contributed by atoms with Crippen LogP contribution in [0, 0.1) is 6.92 Å². The number of carbonyl (C=O) groups excluding carboxylic acids is 1. The van der Waals surface area contributed by atoms with Crippen molar-refractivity contribution in [3.8, 4) is 0 Å². The Morgan fingerprint density at radius 1 is 1.09 bits per heavy atom. The zero-order valence-corrected chi connectivity index (χ0v) is 20.0. The molecule has 3 fully saturated rings. The van der Waals surface area contributed by atoms with Crippen molar-refractivity contribution in [2.45, 2.75) is 44.7 Å². The van der Waals surface area contributed by atoms with Gasteiger partial charge in [0.1, 0.15) is 17.3 Å². The van der Waals surface area contributed by atoms with E-state index in [9.17, 15) is 4.79 Å². The van der Waals surface area contributed by atoms with E-state index >= 15 is 0 Å². The zero-order chi connectivity index (χ0) is 23.9. The van der Waals surface area contributed by atoms with Crippen molar-refractivity contribution in [2.75, 3.05) is 42.8 Å². The number of hydrogen-bond donors (Lipinski definition) is 3. The van der Waals surface area contributed by atoms with Crippen LogP contribution < -0.4 is 26.4 Å². The average molecular weight is 477 g/mol. The average Bonchev–Trinajstić information content (AvgIpc) is 3.64. The molecule has 3 aromatic heterocycles. The first-order valence-electron chi connectivity index (χ1n) is 12.4. The summed E-state index contributed by atoms with van der Waals surface area (Å²) in [7, 11) is 0. The second-order valence-corrected chi connectivity index (χ2v) is 9.72. The number of fused-ring (bicyclic) bond motifs is 1. The van der Waals surface area contributed by atoms with Crippen LogP contribution in [0.2, 0.25) is 0 Å². The van der Waals surface area contributed by atoms with E-state index in [0.717, 1.165) is 67.3 Å². The van der Waals surface area contributed by atoms with Gasteiger partial charge in [0.2, 0.25) is 0 Å². The number of amides is 1. The van der Waals surface area contributed by atoms with E-state index in [4.69, 9.17) is 15.8 Å². The smallest absolute Gasteiger partial charge is 0.273 e. The van der Waals surface area contributed by atoms with Crippen LogP contribution in [-0.2, 0) is 0 Å². The molecule has 3 aliphatic rings. The van der Waals surface area contributed by atoms with Gasteiger partial charge < -0.3 is 20.4 Å². The molecule has 0 saturated carbocycles. The van der Waals surface area contributed by atoms with Crippen LogP contribution in [0.15, 0.2) is 30.5 Å². The molecular formula is C24H32N10O. The Balaban J connectivity index is 1.29. The highest BCUT2D eigenvalue weighted by Crippen LogP contribution is 2.32. The summed E-state index contributed by atoms with van der Waals surface area (Å²) in [5.41, 5.74) is 15.5. The van der Waals surface area contributed by atoms with E-state index < -0.39 is 0 Å². The second kappa shape index (κ2) is 9.06. The van der Waals surface area contributed by atoms with Gasteiger partial charge in [-0.25, -0.2) is 25.3 Å². The minimum atomic E-state index is -0.0949. The molecule has 11 heteroatoms. The van der Waals surface area contributed by atoms with Gasteiger partial charge in [-0.1, -0.05) is 6.07 Å². The third kappa shape index (κ3) is 4.19. The van der Waals surface area contributed by atoms with Crippen LogP contribution >= 0.6 is 0 Å². The molecule has 1 amide bonds. The van der Waals surface area contributed by atoms with E-state index in [1.165, 1.54) is 0 Å². The van der Waals surface area contributed by atoms with Gasteiger partial charge in [-0.15, -0.1) is 0 Å². The molecule has 35 heavy (non-hydrogen) atoms. The Bertz CT molecular complexity index is 1240. The number of anilines is 2. The molecule has 0 spiro atoms. The predicted octanol–water partition coefficient (Wildman–Crippen LogP) is 1.17. The predicted molar refractivity (Wildman–Crippen MR) is 133 cm³/mol. The van der Waals surface area contributed by atoms with E-state index in [1.54, 1.807) is 6.07 Å². The van der Waals surface area contributed by atoms with Gasteiger partial charge in [0.25, 0.3) is 5.91 Å². The molecule has 0 unspecified atom stereocenters. The van der Waals surface area contributed by atoms with Crippen molar-refractivity contribution < 1.29 is 4.79 Å². The maximum absolute atomic E-state index is 13.6. The molecule has 6 rings (SSSR count). The second-order valence-electron chi connectivity index (χ2n) is 9.72. The fourth-order valence-electron chi connectivity index (χ4n) is 5.35. The first-order valence-corrected chi connectivity index (χ1v) is 12.4. The first kappa shape index (κ1) is 22.2. The summed E-state index contributed by atoms with van der Waals surface area (Å²) in [6.07, 6.45) is 5.93. The zero-order valence-electron chi connectivity index (χ0n) is 20.0. The molecule has 0 bridgehead atoms. The number of nitrogens with two attached hydrogens (primary N) is 1. The number of likely N-dealkylation sites (tertiary alicyclic amines) is 1. The number of pyridine rings is 1. The summed E-state index contributed by atoms with van der Waals surface area (Å²) >= 11 is 0. The summed E-state index contributed by atoms with van der Waals surface area (Å²) in [6.45, 7) is 5.80. The molecule has 3 aromatic rings. The number of nitrogens with one attached hydrogen (secondary N) is 2. The molecule has 184 valence electrons. The molecule has 3 saturated heterocycles. The van der Waals surface area contributed by atoms with Crippen molar-refractivity contribution in [3.63, 3.8) is 0 Å². The lowest BCUT2D eigenvalue weighted by Gasteiger charge is -2.34. The lowest BCUT2D eigenvalue weighted by molar-refractivity contribution is 0.0599. The fraction of sp³-hybridized carbons (Fsp3) is 0.500. The van der Waals surface area contributed by atoms with Crippen LogP contribution in [0.1, 0.15) is 53.5 Å². The molecule has 2 atom stereocenters. The van der Waals surface area contributed by atoms with E-state index in [2.05, 4.69) is 27.7 Å². The quantitative estimate of drug-likeness (QED) is 0.510. The topological polar surface area (TPSA) is 120 Å². The van der Waals surface area contributed by atoms with Crippen molar-refractivity contribution in [3.05, 3.63) is 47.4 Å². The normalized spacial score (nSPS) is 23.0. The summed E-state index contributed by atoms with van der Waals surface area (Å²) in [4.78, 5) is 29.5. The standard InChI is InChI=1S/C24H32N10O/c1-16-12-34-22(29-23(16)31-10-8-17(25)13-31)11-19(30-34)20-6-2-3-9-33(20)24(35)18-5-4-7-21(28-18)32-14-26-27-15-32/h4-5,7,11-12,17,20,26-27H,2-3,6,8-10,13-15,25H2,1H3/t17-,20-/m0/s1. The third-order valence-corrected chi connectivity index (χ3v) is 7.20. The van der Waals surface area contributed by atoms with Crippen LogP contribution in [-0.4, -0.2) is 69.4 Å². The SMILES string of the molecule is Cc1cn2nc([C@@H]3CCCCN3C(=O)c3cccc(N4CNNC4)n3)cc2nc1N1CC[C@H](N)C1. The van der Waals surface area contributed by atoms with Gasteiger partial charge in [0, 0.05) is 43.5 Å². The number of aromatic nitrogens is 4. The maximum atomic E-state index is 13.6. The van der Waals surface area contributed by atoms with Crippen molar-refractivity contribution in [1.82, 2.24) is 35.3 Å². The van der Waals surface area contributed by atoms with Crippen LogP contribution in [0.3, 0.4) is 0 Å². The Morgan fingerprint density at radius 3 is 2.74 bits per heavy atom. The van der Waals surface area contributed by atoms with Gasteiger partial charge in [-0.2, -0.15) is 5.10 Å². The number of hydrogen-bond acceptors (Lipinski definition) is 9. The summed E-state index contributed by atoms with van der Waals surface area (Å²) in [6, 6.07) is 7.76. The Hall–Kier alpha value is -3.28. The molecular weight excluding hydrogens is 444 g/mol. The van der Waals surface area contributed by atoms with E-state index in [1.807, 2.05) is 38.7 Å². The van der Waals surface area contributed by atoms with Gasteiger partial charge in [-0.05, 0) is 44.7 Å². The van der Waals surface area contributed by atoms with E-state index in [0.29, 0.717) is 25.6 Å². The number of carbonyl (C=O) groups is 1. The molecule has 4 N–H and O–H groups in total. The molecule has 11 nitrogen and oxygen atoms in total. The Labute approximate surface area is 204 Å². The summed E-state index contributed by atoms with van der Waals surface area (Å²) < 4.78 is 1.84. The van der Waals surface area contributed by atoms with Crippen molar-refractivity contribution >= 4 is 23.2 Å². The minimum Gasteiger partial charge on any atom is -0.355 e. The highest BCUT2D eigenvalue weighted by Gasteiger charge is 2.32. The molecule has 0 aromatic carbocycles.